The molecule has 2 aliphatic rings. The molecule has 1 unspecified atom stereocenters. The Hall–Kier alpha value is -0.770. The summed E-state index contributed by atoms with van der Waals surface area (Å²) < 4.78 is 0. The van der Waals surface area contributed by atoms with E-state index in [1.165, 1.54) is 51.5 Å². The Bertz CT molecular complexity index is 284. The number of hydrogen-bond acceptors (Lipinski definition) is 2. The molecule has 0 amide bonds. The van der Waals surface area contributed by atoms with Crippen LogP contribution in [0.3, 0.4) is 0 Å². The van der Waals surface area contributed by atoms with Crippen LogP contribution in [0, 0.1) is 0 Å². The molecule has 0 aromatic carbocycles. The lowest BCUT2D eigenvalue weighted by atomic mass is 9.96. The van der Waals surface area contributed by atoms with Gasteiger partial charge in [-0.05, 0) is 46.2 Å². The van der Waals surface area contributed by atoms with E-state index in [2.05, 4.69) is 29.5 Å². The third-order valence-corrected chi connectivity index (χ3v) is 4.42. The van der Waals surface area contributed by atoms with Gasteiger partial charge in [-0.3, -0.25) is 4.99 Å². The predicted octanol–water partition coefficient (Wildman–Crippen LogP) is 1.97. The first kappa shape index (κ1) is 14.6. The van der Waals surface area contributed by atoms with E-state index < -0.39 is 0 Å². The second-order valence-corrected chi connectivity index (χ2v) is 5.98. The summed E-state index contributed by atoms with van der Waals surface area (Å²) in [4.78, 5) is 7.23. The monoisotopic (exact) mass is 266 g/mol. The van der Waals surface area contributed by atoms with E-state index >= 15 is 0 Å². The van der Waals surface area contributed by atoms with Gasteiger partial charge in [-0.1, -0.05) is 19.3 Å². The molecular weight excluding hydrogens is 236 g/mol. The van der Waals surface area contributed by atoms with E-state index in [-0.39, 0.29) is 0 Å². The van der Waals surface area contributed by atoms with E-state index in [9.17, 15) is 0 Å². The maximum Gasteiger partial charge on any atom is 0.191 e. The quantitative estimate of drug-likeness (QED) is 0.604. The van der Waals surface area contributed by atoms with Gasteiger partial charge in [0, 0.05) is 18.6 Å². The van der Waals surface area contributed by atoms with Gasteiger partial charge in [0.15, 0.2) is 5.96 Å². The molecule has 4 nitrogen and oxygen atoms in total. The summed E-state index contributed by atoms with van der Waals surface area (Å²) in [6, 6.07) is 1.27. The Labute approximate surface area is 118 Å². The summed E-state index contributed by atoms with van der Waals surface area (Å²) >= 11 is 0. The summed E-state index contributed by atoms with van der Waals surface area (Å²) in [5.41, 5.74) is 0. The first-order valence-electron chi connectivity index (χ1n) is 8.04. The third-order valence-electron chi connectivity index (χ3n) is 4.42. The summed E-state index contributed by atoms with van der Waals surface area (Å²) in [6.45, 7) is 5.24. The van der Waals surface area contributed by atoms with Gasteiger partial charge in [0.25, 0.3) is 0 Å². The number of guanidine groups is 1. The van der Waals surface area contributed by atoms with Crippen LogP contribution in [-0.2, 0) is 0 Å². The van der Waals surface area contributed by atoms with Crippen LogP contribution in [0.15, 0.2) is 4.99 Å². The maximum atomic E-state index is 4.79. The Kier molecular flexibility index (Phi) is 5.95. The van der Waals surface area contributed by atoms with Crippen molar-refractivity contribution in [2.45, 2.75) is 64.0 Å². The first-order valence-corrected chi connectivity index (χ1v) is 8.04. The van der Waals surface area contributed by atoms with Crippen molar-refractivity contribution in [2.24, 2.45) is 4.99 Å². The van der Waals surface area contributed by atoms with Gasteiger partial charge in [-0.2, -0.15) is 0 Å². The number of rotatable bonds is 4. The second-order valence-electron chi connectivity index (χ2n) is 5.98. The second kappa shape index (κ2) is 7.73. The van der Waals surface area contributed by atoms with Gasteiger partial charge < -0.3 is 15.5 Å². The average Bonchev–Trinajstić information content (AvgIpc) is 2.83. The molecule has 2 rings (SSSR count). The van der Waals surface area contributed by atoms with Gasteiger partial charge in [0.05, 0.1) is 6.54 Å². The molecule has 1 saturated carbocycles. The van der Waals surface area contributed by atoms with Gasteiger partial charge in [-0.25, -0.2) is 0 Å². The van der Waals surface area contributed by atoms with Crippen molar-refractivity contribution in [3.63, 3.8) is 0 Å². The van der Waals surface area contributed by atoms with Crippen molar-refractivity contribution in [3.8, 4) is 0 Å². The lowest BCUT2D eigenvalue weighted by Gasteiger charge is -2.25. The molecule has 1 heterocycles. The smallest absolute Gasteiger partial charge is 0.191 e. The van der Waals surface area contributed by atoms with Crippen LogP contribution >= 0.6 is 0 Å². The number of nitrogens with zero attached hydrogens (tertiary/aromatic N) is 2. The standard InChI is InChI=1S/C15H30N4/c1-3-16-15(18-13-8-5-4-6-9-13)17-12-14-10-7-11-19(14)2/h13-14H,3-12H2,1-2H3,(H2,16,17,18). The summed E-state index contributed by atoms with van der Waals surface area (Å²) in [5, 5.41) is 7.01. The van der Waals surface area contributed by atoms with Crippen molar-refractivity contribution in [3.05, 3.63) is 0 Å². The highest BCUT2D eigenvalue weighted by atomic mass is 15.2. The lowest BCUT2D eigenvalue weighted by molar-refractivity contribution is 0.317. The van der Waals surface area contributed by atoms with Gasteiger partial charge in [0.2, 0.25) is 0 Å². The molecule has 1 aliphatic carbocycles. The maximum absolute atomic E-state index is 4.79. The van der Waals surface area contributed by atoms with Crippen LogP contribution in [0.4, 0.5) is 0 Å². The molecule has 1 saturated heterocycles. The van der Waals surface area contributed by atoms with Crippen molar-refractivity contribution in [1.29, 1.82) is 0 Å². The number of nitrogens with one attached hydrogen (secondary N) is 2. The molecule has 0 radical (unpaired) electrons. The predicted molar refractivity (Wildman–Crippen MR) is 81.6 cm³/mol. The minimum atomic E-state index is 0.632. The fourth-order valence-corrected chi connectivity index (χ4v) is 3.17. The molecule has 1 atom stereocenters. The Morgan fingerprint density at radius 1 is 1.16 bits per heavy atom. The highest BCUT2D eigenvalue weighted by molar-refractivity contribution is 5.80. The largest absolute Gasteiger partial charge is 0.357 e. The van der Waals surface area contributed by atoms with Crippen LogP contribution in [-0.4, -0.2) is 49.6 Å². The summed E-state index contributed by atoms with van der Waals surface area (Å²) in [6.07, 6.45) is 9.34. The molecule has 2 N–H and O–H groups in total. The summed E-state index contributed by atoms with van der Waals surface area (Å²) in [5.74, 6) is 1.02. The molecule has 0 spiro atoms. The van der Waals surface area contributed by atoms with Crippen molar-refractivity contribution in [1.82, 2.24) is 15.5 Å². The van der Waals surface area contributed by atoms with Crippen molar-refractivity contribution >= 4 is 5.96 Å². The molecule has 0 bridgehead atoms. The molecule has 4 heteroatoms. The van der Waals surface area contributed by atoms with Crippen LogP contribution in [0.2, 0.25) is 0 Å². The minimum absolute atomic E-state index is 0.632. The van der Waals surface area contributed by atoms with Crippen LogP contribution < -0.4 is 10.6 Å². The number of aliphatic imine (C=N–C) groups is 1. The highest BCUT2D eigenvalue weighted by Crippen LogP contribution is 2.17. The van der Waals surface area contributed by atoms with Crippen LogP contribution in [0.1, 0.15) is 51.9 Å². The Morgan fingerprint density at radius 3 is 2.58 bits per heavy atom. The zero-order chi connectivity index (χ0) is 13.5. The van der Waals surface area contributed by atoms with E-state index in [0.717, 1.165) is 19.0 Å². The topological polar surface area (TPSA) is 39.7 Å². The minimum Gasteiger partial charge on any atom is -0.357 e. The molecule has 19 heavy (non-hydrogen) atoms. The normalized spacial score (nSPS) is 26.6. The average molecular weight is 266 g/mol. The third kappa shape index (κ3) is 4.68. The Morgan fingerprint density at radius 2 is 1.95 bits per heavy atom. The van der Waals surface area contributed by atoms with Gasteiger partial charge in [-0.15, -0.1) is 0 Å². The highest BCUT2D eigenvalue weighted by Gasteiger charge is 2.20. The number of likely N-dealkylation sites (N-methyl/N-ethyl adjacent to an activating group) is 1. The summed E-state index contributed by atoms with van der Waals surface area (Å²) in [7, 11) is 2.22. The van der Waals surface area contributed by atoms with E-state index in [4.69, 9.17) is 4.99 Å². The lowest BCUT2D eigenvalue weighted by Crippen LogP contribution is -2.44. The van der Waals surface area contributed by atoms with E-state index in [1.807, 2.05) is 0 Å². The molecule has 110 valence electrons. The fraction of sp³-hybridized carbons (Fsp3) is 0.933. The zero-order valence-electron chi connectivity index (χ0n) is 12.6. The van der Waals surface area contributed by atoms with Crippen molar-refractivity contribution in [2.75, 3.05) is 26.7 Å². The molecule has 2 fully saturated rings. The molecule has 1 aliphatic heterocycles. The first-order chi connectivity index (χ1) is 9.29. The van der Waals surface area contributed by atoms with Crippen LogP contribution in [0.5, 0.6) is 0 Å². The van der Waals surface area contributed by atoms with Crippen LogP contribution in [0.25, 0.3) is 0 Å². The fourth-order valence-electron chi connectivity index (χ4n) is 3.17. The Balaban J connectivity index is 1.82. The van der Waals surface area contributed by atoms with E-state index in [0.29, 0.717) is 12.1 Å². The molecular formula is C15H30N4. The zero-order valence-corrected chi connectivity index (χ0v) is 12.6. The van der Waals surface area contributed by atoms with Gasteiger partial charge >= 0.3 is 0 Å². The number of hydrogen-bond donors (Lipinski definition) is 2. The molecule has 0 aromatic heterocycles. The van der Waals surface area contributed by atoms with E-state index in [1.54, 1.807) is 0 Å². The van der Waals surface area contributed by atoms with Crippen molar-refractivity contribution < 1.29 is 0 Å². The molecule has 0 aromatic rings. The van der Waals surface area contributed by atoms with Gasteiger partial charge in [0.1, 0.15) is 0 Å². The number of likely N-dealkylation sites (tertiary alicyclic amines) is 1. The SMILES string of the molecule is CCNC(=NCC1CCCN1C)NC1CCCCC1.